The maximum atomic E-state index is 12.6. The molecule has 140 valence electrons. The van der Waals surface area contributed by atoms with Crippen LogP contribution in [0.4, 0.5) is 0 Å². The van der Waals surface area contributed by atoms with Gasteiger partial charge in [-0.15, -0.1) is 0 Å². The SMILES string of the molecule is CC(C(=O)N1CCc2nc(C(N)=O)cn2CC1)n1cc(Cl)cn1.O=CO. The molecule has 10 nitrogen and oxygen atoms in total. The fraction of sp³-hybridized carbons (Fsp3) is 0.400. The van der Waals surface area contributed by atoms with Gasteiger partial charge in [0.05, 0.1) is 11.2 Å². The number of carbonyl (C=O) groups is 3. The van der Waals surface area contributed by atoms with Crippen LogP contribution in [-0.4, -0.2) is 60.7 Å². The molecule has 0 fully saturated rings. The highest BCUT2D eigenvalue weighted by Gasteiger charge is 2.25. The molecule has 0 spiro atoms. The minimum atomic E-state index is -0.539. The molecular weight excluding hydrogens is 364 g/mol. The Bertz CT molecular complexity index is 776. The van der Waals surface area contributed by atoms with Gasteiger partial charge in [0.1, 0.15) is 17.6 Å². The summed E-state index contributed by atoms with van der Waals surface area (Å²) >= 11 is 5.85. The Kier molecular flexibility index (Phi) is 6.34. The van der Waals surface area contributed by atoms with E-state index in [1.807, 2.05) is 4.57 Å². The van der Waals surface area contributed by atoms with E-state index in [9.17, 15) is 9.59 Å². The van der Waals surface area contributed by atoms with Crippen molar-refractivity contribution in [2.75, 3.05) is 13.1 Å². The summed E-state index contributed by atoms with van der Waals surface area (Å²) in [6.45, 7) is 3.20. The van der Waals surface area contributed by atoms with Crippen LogP contribution >= 0.6 is 11.6 Å². The van der Waals surface area contributed by atoms with Gasteiger partial charge in [0.25, 0.3) is 12.4 Å². The van der Waals surface area contributed by atoms with E-state index < -0.39 is 11.9 Å². The Morgan fingerprint density at radius 3 is 2.62 bits per heavy atom. The van der Waals surface area contributed by atoms with Crippen LogP contribution in [0.2, 0.25) is 5.02 Å². The van der Waals surface area contributed by atoms with Gasteiger partial charge in [0, 0.05) is 38.4 Å². The quantitative estimate of drug-likeness (QED) is 0.726. The minimum absolute atomic E-state index is 0.0226. The third kappa shape index (κ3) is 4.39. The van der Waals surface area contributed by atoms with E-state index in [4.69, 9.17) is 27.2 Å². The zero-order chi connectivity index (χ0) is 19.3. The summed E-state index contributed by atoms with van der Waals surface area (Å²) in [7, 11) is 0. The lowest BCUT2D eigenvalue weighted by atomic mass is 10.2. The monoisotopic (exact) mass is 382 g/mol. The summed E-state index contributed by atoms with van der Waals surface area (Å²) in [5.41, 5.74) is 5.51. The summed E-state index contributed by atoms with van der Waals surface area (Å²) in [5.74, 6) is 0.206. The first-order valence-corrected chi connectivity index (χ1v) is 8.17. The average molecular weight is 383 g/mol. The maximum absolute atomic E-state index is 12.6. The molecule has 1 aliphatic rings. The Labute approximate surface area is 154 Å². The second kappa shape index (κ2) is 8.48. The van der Waals surface area contributed by atoms with Gasteiger partial charge in [-0.2, -0.15) is 5.10 Å². The summed E-state index contributed by atoms with van der Waals surface area (Å²) in [4.78, 5) is 38.2. The number of nitrogens with zero attached hydrogens (tertiary/aromatic N) is 5. The summed E-state index contributed by atoms with van der Waals surface area (Å²) in [6, 6.07) is -0.422. The lowest BCUT2D eigenvalue weighted by Gasteiger charge is -2.24. The van der Waals surface area contributed by atoms with Crippen LogP contribution in [0.15, 0.2) is 18.6 Å². The van der Waals surface area contributed by atoms with Crippen molar-refractivity contribution in [2.45, 2.75) is 25.9 Å². The first-order valence-electron chi connectivity index (χ1n) is 7.79. The number of nitrogens with two attached hydrogens (primary N) is 1. The second-order valence-corrected chi connectivity index (χ2v) is 6.03. The Morgan fingerprint density at radius 1 is 1.35 bits per heavy atom. The predicted molar refractivity (Wildman–Crippen MR) is 91.7 cm³/mol. The van der Waals surface area contributed by atoms with Gasteiger partial charge < -0.3 is 20.3 Å². The number of halogens is 1. The van der Waals surface area contributed by atoms with E-state index in [2.05, 4.69) is 10.1 Å². The molecule has 0 saturated carbocycles. The van der Waals surface area contributed by atoms with Gasteiger partial charge in [-0.25, -0.2) is 4.98 Å². The highest BCUT2D eigenvalue weighted by atomic mass is 35.5. The third-order valence-electron chi connectivity index (χ3n) is 3.96. The highest BCUT2D eigenvalue weighted by molar-refractivity contribution is 6.30. The van der Waals surface area contributed by atoms with Crippen LogP contribution in [0, 0.1) is 0 Å². The maximum Gasteiger partial charge on any atom is 0.290 e. The number of aromatic nitrogens is 4. The first kappa shape index (κ1) is 19.4. The average Bonchev–Trinajstić information content (AvgIpc) is 3.16. The molecule has 1 unspecified atom stereocenters. The second-order valence-electron chi connectivity index (χ2n) is 5.60. The number of hydrogen-bond acceptors (Lipinski definition) is 5. The molecule has 1 atom stereocenters. The Morgan fingerprint density at radius 2 is 2.04 bits per heavy atom. The summed E-state index contributed by atoms with van der Waals surface area (Å²) < 4.78 is 3.43. The molecule has 0 aromatic carbocycles. The van der Waals surface area contributed by atoms with E-state index in [1.54, 1.807) is 28.9 Å². The van der Waals surface area contributed by atoms with Gasteiger partial charge in [-0.3, -0.25) is 19.1 Å². The summed E-state index contributed by atoms with van der Waals surface area (Å²) in [6.07, 6.45) is 5.36. The molecule has 3 N–H and O–H groups in total. The van der Waals surface area contributed by atoms with Gasteiger partial charge in [0.15, 0.2) is 0 Å². The molecule has 2 aromatic rings. The highest BCUT2D eigenvalue weighted by Crippen LogP contribution is 2.16. The lowest BCUT2D eigenvalue weighted by molar-refractivity contribution is -0.134. The number of primary amides is 1. The number of carbonyl (C=O) groups excluding carboxylic acids is 2. The van der Waals surface area contributed by atoms with Crippen LogP contribution in [0.5, 0.6) is 0 Å². The number of imidazole rings is 1. The molecule has 2 amide bonds. The number of fused-ring (bicyclic) bond motifs is 1. The normalized spacial score (nSPS) is 14.5. The summed E-state index contributed by atoms with van der Waals surface area (Å²) in [5, 5.41) is 11.5. The van der Waals surface area contributed by atoms with E-state index in [0.29, 0.717) is 31.1 Å². The molecule has 3 rings (SSSR count). The zero-order valence-corrected chi connectivity index (χ0v) is 14.8. The van der Waals surface area contributed by atoms with Gasteiger partial charge in [0.2, 0.25) is 5.91 Å². The van der Waals surface area contributed by atoms with Gasteiger partial charge in [-0.05, 0) is 6.92 Å². The number of rotatable bonds is 3. The molecule has 3 heterocycles. The van der Waals surface area contributed by atoms with Crippen LogP contribution < -0.4 is 5.73 Å². The van der Waals surface area contributed by atoms with E-state index in [-0.39, 0.29) is 18.1 Å². The Balaban J connectivity index is 0.000000758. The number of amides is 2. The standard InChI is InChI=1S/C14H17ClN6O2.CH2O2/c1-9(21-7-10(15)6-17-21)14(23)19-3-2-12-18-11(13(16)22)8-20(12)5-4-19;2-1-3/h6-9H,2-5H2,1H3,(H2,16,22);1H,(H,2,3). The number of hydrogen-bond donors (Lipinski definition) is 2. The van der Waals surface area contributed by atoms with E-state index in [1.165, 1.54) is 6.20 Å². The molecule has 0 radical (unpaired) electrons. The molecule has 11 heteroatoms. The number of carboxylic acid groups (broad SMARTS) is 1. The van der Waals surface area contributed by atoms with Crippen molar-refractivity contribution in [1.82, 2.24) is 24.2 Å². The van der Waals surface area contributed by atoms with Crippen LogP contribution in [0.3, 0.4) is 0 Å². The third-order valence-corrected chi connectivity index (χ3v) is 4.16. The topological polar surface area (TPSA) is 136 Å². The van der Waals surface area contributed by atoms with Crippen LogP contribution in [0.1, 0.15) is 29.3 Å². The van der Waals surface area contributed by atoms with Crippen LogP contribution in [0.25, 0.3) is 0 Å². The fourth-order valence-corrected chi connectivity index (χ4v) is 2.81. The van der Waals surface area contributed by atoms with Crippen molar-refractivity contribution < 1.29 is 19.5 Å². The molecule has 0 aliphatic carbocycles. The fourth-order valence-electron chi connectivity index (χ4n) is 2.67. The largest absolute Gasteiger partial charge is 0.483 e. The molecule has 0 bridgehead atoms. The van der Waals surface area contributed by atoms with Crippen molar-refractivity contribution in [1.29, 1.82) is 0 Å². The van der Waals surface area contributed by atoms with Crippen molar-refractivity contribution in [3.63, 3.8) is 0 Å². The predicted octanol–water partition coefficient (Wildman–Crippen LogP) is 0.179. The zero-order valence-electron chi connectivity index (χ0n) is 14.1. The van der Waals surface area contributed by atoms with Crippen molar-refractivity contribution in [2.24, 2.45) is 5.73 Å². The minimum Gasteiger partial charge on any atom is -0.483 e. The molecular formula is C15H19ClN6O4. The first-order chi connectivity index (χ1) is 12.4. The van der Waals surface area contributed by atoms with E-state index in [0.717, 1.165) is 5.82 Å². The molecule has 2 aromatic heterocycles. The van der Waals surface area contributed by atoms with Crippen LogP contribution in [-0.2, 0) is 22.6 Å². The van der Waals surface area contributed by atoms with Crippen molar-refractivity contribution >= 4 is 29.9 Å². The molecule has 26 heavy (non-hydrogen) atoms. The Hall–Kier alpha value is -2.88. The smallest absolute Gasteiger partial charge is 0.290 e. The molecule has 0 saturated heterocycles. The van der Waals surface area contributed by atoms with E-state index >= 15 is 0 Å². The lowest BCUT2D eigenvalue weighted by Crippen LogP contribution is -2.38. The van der Waals surface area contributed by atoms with Gasteiger partial charge in [-0.1, -0.05) is 11.6 Å². The molecule has 1 aliphatic heterocycles. The van der Waals surface area contributed by atoms with Crippen molar-refractivity contribution in [3.05, 3.63) is 35.1 Å². The van der Waals surface area contributed by atoms with Gasteiger partial charge >= 0.3 is 0 Å². The van der Waals surface area contributed by atoms with Crippen molar-refractivity contribution in [3.8, 4) is 0 Å².